The van der Waals surface area contributed by atoms with Crippen LogP contribution in [0.3, 0.4) is 0 Å². The number of halogens is 1. The molecule has 32 heavy (non-hydrogen) atoms. The van der Waals surface area contributed by atoms with Gasteiger partial charge in [-0.15, -0.1) is 0 Å². The van der Waals surface area contributed by atoms with Crippen LogP contribution in [0.15, 0.2) is 60.9 Å². The molecule has 1 fully saturated rings. The summed E-state index contributed by atoms with van der Waals surface area (Å²) >= 11 is 0. The normalized spacial score (nSPS) is 17.7. The summed E-state index contributed by atoms with van der Waals surface area (Å²) in [7, 11) is 3.55. The molecule has 2 atom stereocenters. The summed E-state index contributed by atoms with van der Waals surface area (Å²) < 4.78 is 20.7. The first-order chi connectivity index (χ1) is 15.5. The summed E-state index contributed by atoms with van der Waals surface area (Å²) in [5, 5.41) is 3.23. The van der Waals surface area contributed by atoms with Crippen LogP contribution >= 0.6 is 0 Å². The first kappa shape index (κ1) is 22.0. The number of ether oxygens (including phenoxy) is 1. The number of amides is 1. The Morgan fingerprint density at radius 2 is 2.09 bits per heavy atom. The van der Waals surface area contributed by atoms with Gasteiger partial charge in [-0.1, -0.05) is 24.3 Å². The molecule has 1 aliphatic rings. The van der Waals surface area contributed by atoms with E-state index in [4.69, 9.17) is 4.74 Å². The number of carbonyl (C=O) groups excluding carboxylic acids is 1. The highest BCUT2D eigenvalue weighted by Gasteiger charge is 2.29. The largest absolute Gasteiger partial charge is 0.497 e. The molecule has 1 N–H and O–H groups in total. The maximum atomic E-state index is 13.5. The topological polar surface area (TPSA) is 59.4 Å². The Balaban J connectivity index is 1.48. The summed E-state index contributed by atoms with van der Waals surface area (Å²) in [5.74, 6) is 1.19. The summed E-state index contributed by atoms with van der Waals surface area (Å²) in [6.45, 7) is 2.20. The van der Waals surface area contributed by atoms with Crippen LogP contribution in [-0.2, 0) is 18.4 Å². The number of hydrogen-bond acceptors (Lipinski definition) is 4. The van der Waals surface area contributed by atoms with Crippen molar-refractivity contribution in [2.75, 3.05) is 20.2 Å². The van der Waals surface area contributed by atoms with Crippen molar-refractivity contribution < 1.29 is 13.9 Å². The SMILES string of the molecule is COc1ccc(C(NC(=O)C2CCCN(Cc3cccc(F)c3)C2)c2nccn2C)cc1. The number of aryl methyl sites for hydroxylation is 1. The zero-order valence-electron chi connectivity index (χ0n) is 18.5. The summed E-state index contributed by atoms with van der Waals surface area (Å²) in [6, 6.07) is 14.0. The zero-order valence-corrected chi connectivity index (χ0v) is 18.5. The molecular weight excluding hydrogens is 407 g/mol. The molecule has 0 saturated carbocycles. The third-order valence-corrected chi connectivity index (χ3v) is 6.02. The van der Waals surface area contributed by atoms with Crippen molar-refractivity contribution in [3.63, 3.8) is 0 Å². The second-order valence-electron chi connectivity index (χ2n) is 8.32. The van der Waals surface area contributed by atoms with E-state index in [1.165, 1.54) is 6.07 Å². The number of imidazole rings is 1. The predicted octanol–water partition coefficient (Wildman–Crippen LogP) is 3.69. The Morgan fingerprint density at radius 3 is 2.78 bits per heavy atom. The number of likely N-dealkylation sites (tertiary alicyclic amines) is 1. The van der Waals surface area contributed by atoms with E-state index in [2.05, 4.69) is 15.2 Å². The maximum absolute atomic E-state index is 13.5. The van der Waals surface area contributed by atoms with Gasteiger partial charge in [0.05, 0.1) is 13.0 Å². The minimum atomic E-state index is -0.355. The van der Waals surface area contributed by atoms with Gasteiger partial charge >= 0.3 is 0 Å². The molecule has 2 unspecified atom stereocenters. The van der Waals surface area contributed by atoms with Crippen LogP contribution in [0.4, 0.5) is 4.39 Å². The molecule has 1 aliphatic heterocycles. The van der Waals surface area contributed by atoms with E-state index in [1.54, 1.807) is 25.4 Å². The van der Waals surface area contributed by atoms with Gasteiger partial charge in [-0.3, -0.25) is 9.69 Å². The van der Waals surface area contributed by atoms with Gasteiger partial charge < -0.3 is 14.6 Å². The molecule has 0 spiro atoms. The van der Waals surface area contributed by atoms with Gasteiger partial charge in [0.2, 0.25) is 5.91 Å². The Morgan fingerprint density at radius 1 is 1.28 bits per heavy atom. The van der Waals surface area contributed by atoms with Gasteiger partial charge in [0.25, 0.3) is 0 Å². The number of aromatic nitrogens is 2. The summed E-state index contributed by atoms with van der Waals surface area (Å²) in [6.07, 6.45) is 5.38. The van der Waals surface area contributed by atoms with Crippen molar-refractivity contribution in [1.82, 2.24) is 19.8 Å². The average molecular weight is 437 g/mol. The molecule has 2 heterocycles. The second-order valence-corrected chi connectivity index (χ2v) is 8.32. The van der Waals surface area contributed by atoms with E-state index in [1.807, 2.05) is 48.1 Å². The second kappa shape index (κ2) is 9.96. The molecule has 6 nitrogen and oxygen atoms in total. The number of piperidine rings is 1. The van der Waals surface area contributed by atoms with Gasteiger partial charge in [-0.25, -0.2) is 9.37 Å². The number of carbonyl (C=O) groups is 1. The molecule has 0 bridgehead atoms. The Kier molecular flexibility index (Phi) is 6.85. The van der Waals surface area contributed by atoms with Crippen LogP contribution in [0, 0.1) is 11.7 Å². The van der Waals surface area contributed by atoms with Crippen molar-refractivity contribution in [1.29, 1.82) is 0 Å². The summed E-state index contributed by atoms with van der Waals surface area (Å²) in [5.41, 5.74) is 1.87. The van der Waals surface area contributed by atoms with Crippen LogP contribution in [0.1, 0.15) is 35.8 Å². The fraction of sp³-hybridized carbons (Fsp3) is 0.360. The van der Waals surface area contributed by atoms with E-state index < -0.39 is 0 Å². The molecule has 4 rings (SSSR count). The highest BCUT2D eigenvalue weighted by Crippen LogP contribution is 2.25. The lowest BCUT2D eigenvalue weighted by atomic mass is 9.95. The molecule has 168 valence electrons. The van der Waals surface area contributed by atoms with E-state index in [0.717, 1.165) is 42.1 Å². The van der Waals surface area contributed by atoms with Crippen LogP contribution < -0.4 is 10.1 Å². The van der Waals surface area contributed by atoms with Gasteiger partial charge in [-0.05, 0) is 54.8 Å². The van der Waals surface area contributed by atoms with Crippen LogP contribution in [0.2, 0.25) is 0 Å². The fourth-order valence-electron chi connectivity index (χ4n) is 4.32. The average Bonchev–Trinajstić information content (AvgIpc) is 3.23. The molecule has 3 aromatic rings. The van der Waals surface area contributed by atoms with E-state index >= 15 is 0 Å². The van der Waals surface area contributed by atoms with Crippen molar-refractivity contribution in [3.8, 4) is 5.75 Å². The molecule has 1 amide bonds. The standard InChI is InChI=1S/C25H29FN4O2/c1-29-14-12-27-24(29)23(19-8-10-22(32-2)11-9-19)28-25(31)20-6-4-13-30(17-20)16-18-5-3-7-21(26)15-18/h3,5,7-12,14-15,20,23H,4,6,13,16-17H2,1-2H3,(H,28,31). The van der Waals surface area contributed by atoms with Crippen LogP contribution in [0.25, 0.3) is 0 Å². The quantitative estimate of drug-likeness (QED) is 0.614. The Labute approximate surface area is 188 Å². The van der Waals surface area contributed by atoms with E-state index in [9.17, 15) is 9.18 Å². The number of methoxy groups -OCH3 is 1. The molecule has 0 aliphatic carbocycles. The molecule has 7 heteroatoms. The van der Waals surface area contributed by atoms with Crippen molar-refractivity contribution in [2.45, 2.75) is 25.4 Å². The summed E-state index contributed by atoms with van der Waals surface area (Å²) in [4.78, 5) is 20.0. The van der Waals surface area contributed by atoms with E-state index in [-0.39, 0.29) is 23.7 Å². The van der Waals surface area contributed by atoms with Crippen LogP contribution in [-0.4, -0.2) is 40.6 Å². The molecule has 2 aromatic carbocycles. The number of benzene rings is 2. The van der Waals surface area contributed by atoms with Crippen LogP contribution in [0.5, 0.6) is 5.75 Å². The van der Waals surface area contributed by atoms with Gasteiger partial charge in [-0.2, -0.15) is 0 Å². The maximum Gasteiger partial charge on any atom is 0.225 e. The molecule has 1 saturated heterocycles. The number of nitrogens with zero attached hydrogens (tertiary/aromatic N) is 3. The van der Waals surface area contributed by atoms with Gasteiger partial charge in [0.15, 0.2) is 0 Å². The minimum Gasteiger partial charge on any atom is -0.497 e. The highest BCUT2D eigenvalue weighted by molar-refractivity contribution is 5.79. The minimum absolute atomic E-state index is 0.0118. The van der Waals surface area contributed by atoms with E-state index in [0.29, 0.717) is 13.1 Å². The first-order valence-electron chi connectivity index (χ1n) is 10.9. The molecule has 0 radical (unpaired) electrons. The van der Waals surface area contributed by atoms with Crippen molar-refractivity contribution >= 4 is 5.91 Å². The number of nitrogens with one attached hydrogen (secondary N) is 1. The van der Waals surface area contributed by atoms with Gasteiger partial charge in [0, 0.05) is 32.5 Å². The number of hydrogen-bond donors (Lipinski definition) is 1. The number of rotatable bonds is 7. The highest BCUT2D eigenvalue weighted by atomic mass is 19.1. The van der Waals surface area contributed by atoms with Crippen molar-refractivity contribution in [2.24, 2.45) is 13.0 Å². The lowest BCUT2D eigenvalue weighted by Gasteiger charge is -2.33. The zero-order chi connectivity index (χ0) is 22.5. The van der Waals surface area contributed by atoms with Gasteiger partial charge in [0.1, 0.15) is 23.4 Å². The fourth-order valence-corrected chi connectivity index (χ4v) is 4.32. The third kappa shape index (κ3) is 5.16. The predicted molar refractivity (Wildman–Crippen MR) is 121 cm³/mol. The Hall–Kier alpha value is -3.19. The Bertz CT molecular complexity index is 1050. The lowest BCUT2D eigenvalue weighted by Crippen LogP contribution is -2.44. The molecule has 1 aromatic heterocycles. The first-order valence-corrected chi connectivity index (χ1v) is 10.9. The third-order valence-electron chi connectivity index (χ3n) is 6.02. The monoisotopic (exact) mass is 436 g/mol. The lowest BCUT2D eigenvalue weighted by molar-refractivity contribution is -0.127. The smallest absolute Gasteiger partial charge is 0.225 e. The van der Waals surface area contributed by atoms with Crippen molar-refractivity contribution in [3.05, 3.63) is 83.7 Å². The molecular formula is C25H29FN4O2.